The molecule has 2 atom stereocenters. The van der Waals surface area contributed by atoms with Crippen LogP contribution in [0.3, 0.4) is 0 Å². The van der Waals surface area contributed by atoms with Gasteiger partial charge in [-0.05, 0) is 58.2 Å². The van der Waals surface area contributed by atoms with Crippen molar-refractivity contribution < 1.29 is 0 Å². The van der Waals surface area contributed by atoms with E-state index in [9.17, 15) is 0 Å². The summed E-state index contributed by atoms with van der Waals surface area (Å²) in [5, 5.41) is 6.96. The van der Waals surface area contributed by atoms with Gasteiger partial charge in [-0.15, -0.1) is 6.58 Å². The van der Waals surface area contributed by atoms with Gasteiger partial charge in [0.25, 0.3) is 0 Å². The highest BCUT2D eigenvalue weighted by atomic mass is 14.9. The van der Waals surface area contributed by atoms with Crippen molar-refractivity contribution in [1.82, 2.24) is 0 Å². The third-order valence-electron chi connectivity index (χ3n) is 5.92. The van der Waals surface area contributed by atoms with E-state index < -0.39 is 0 Å². The van der Waals surface area contributed by atoms with Crippen LogP contribution in [0, 0.1) is 11.3 Å². The summed E-state index contributed by atoms with van der Waals surface area (Å²) in [6, 6.07) is 17.2. The maximum atomic E-state index is 4.05. The van der Waals surface area contributed by atoms with Gasteiger partial charge >= 0.3 is 0 Å². The lowest BCUT2D eigenvalue weighted by atomic mass is 9.86. The first-order valence-electron chi connectivity index (χ1n) is 12.2. The van der Waals surface area contributed by atoms with Crippen LogP contribution >= 0.6 is 0 Å². The highest BCUT2D eigenvalue weighted by molar-refractivity contribution is 5.59. The van der Waals surface area contributed by atoms with Crippen LogP contribution < -0.4 is 10.6 Å². The molecule has 180 valence electrons. The molecule has 0 amide bonds. The molecule has 2 aromatic carbocycles. The molecule has 0 aliphatic carbocycles. The van der Waals surface area contributed by atoms with Gasteiger partial charge in [0.2, 0.25) is 0 Å². The van der Waals surface area contributed by atoms with Gasteiger partial charge in [-0.1, -0.05) is 109 Å². The van der Waals surface area contributed by atoms with Crippen LogP contribution in [0.4, 0.5) is 11.4 Å². The second-order valence-corrected chi connectivity index (χ2v) is 10.1. The molecule has 0 saturated heterocycles. The van der Waals surface area contributed by atoms with E-state index in [0.29, 0.717) is 11.8 Å². The molecule has 34 heavy (non-hydrogen) atoms. The molecular weight excluding hydrogens is 412 g/mol. The monoisotopic (exact) mass is 454 g/mol. The van der Waals surface area contributed by atoms with Crippen molar-refractivity contribution in [2.24, 2.45) is 11.3 Å². The quantitative estimate of drug-likeness (QED) is 0.261. The van der Waals surface area contributed by atoms with Crippen LogP contribution in [0.25, 0.3) is 6.08 Å². The lowest BCUT2D eigenvalue weighted by Crippen LogP contribution is -2.23. The van der Waals surface area contributed by atoms with Crippen molar-refractivity contribution in [3.05, 3.63) is 115 Å². The van der Waals surface area contributed by atoms with Gasteiger partial charge in [-0.2, -0.15) is 0 Å². The lowest BCUT2D eigenvalue weighted by Gasteiger charge is -2.21. The minimum atomic E-state index is 0.0816. The van der Waals surface area contributed by atoms with Gasteiger partial charge in [0.1, 0.15) is 0 Å². The summed E-state index contributed by atoms with van der Waals surface area (Å²) in [4.78, 5) is 0. The minimum absolute atomic E-state index is 0.0816. The molecule has 0 aliphatic heterocycles. The number of nitrogens with one attached hydrogen (secondary N) is 2. The first-order chi connectivity index (χ1) is 16.1. The molecule has 0 heterocycles. The van der Waals surface area contributed by atoms with Gasteiger partial charge in [-0.3, -0.25) is 0 Å². The summed E-state index contributed by atoms with van der Waals surface area (Å²) in [5.41, 5.74) is 5.96. The zero-order valence-corrected chi connectivity index (χ0v) is 21.8. The Morgan fingerprint density at radius 1 is 0.941 bits per heavy atom. The molecule has 2 nitrogen and oxygen atoms in total. The van der Waals surface area contributed by atoms with E-state index in [2.05, 4.69) is 132 Å². The Kier molecular flexibility index (Phi) is 10.2. The Hall–Kier alpha value is -3.26. The van der Waals surface area contributed by atoms with E-state index >= 15 is 0 Å². The van der Waals surface area contributed by atoms with E-state index in [1.165, 1.54) is 16.7 Å². The molecule has 0 aromatic heterocycles. The highest BCUT2D eigenvalue weighted by Crippen LogP contribution is 2.26. The summed E-state index contributed by atoms with van der Waals surface area (Å²) < 4.78 is 0. The number of hydrogen-bond acceptors (Lipinski definition) is 2. The number of allylic oxidation sites excluding steroid dienone is 4. The number of anilines is 2. The Bertz CT molecular complexity index is 1010. The molecule has 0 bridgehead atoms. The van der Waals surface area contributed by atoms with Crippen LogP contribution in [0.15, 0.2) is 104 Å². The number of benzene rings is 2. The van der Waals surface area contributed by atoms with Gasteiger partial charge in [0.05, 0.1) is 6.04 Å². The Labute approximate surface area is 207 Å². The van der Waals surface area contributed by atoms with Crippen LogP contribution in [-0.2, 0) is 0 Å². The summed E-state index contributed by atoms with van der Waals surface area (Å²) in [6.07, 6.45) is 14.4. The third-order valence-corrected chi connectivity index (χ3v) is 5.92. The fourth-order valence-corrected chi connectivity index (χ4v) is 3.59. The number of hydrogen-bond donors (Lipinski definition) is 2. The normalized spacial score (nSPS) is 14.4. The van der Waals surface area contributed by atoms with Crippen molar-refractivity contribution in [3.63, 3.8) is 0 Å². The zero-order valence-electron chi connectivity index (χ0n) is 21.8. The minimum Gasteiger partial charge on any atom is -0.378 e. The summed E-state index contributed by atoms with van der Waals surface area (Å²) in [6.45, 7) is 21.2. The first-order valence-corrected chi connectivity index (χ1v) is 12.2. The predicted molar refractivity (Wildman–Crippen MR) is 153 cm³/mol. The molecule has 0 saturated carbocycles. The van der Waals surface area contributed by atoms with Crippen molar-refractivity contribution in [3.8, 4) is 0 Å². The third kappa shape index (κ3) is 8.59. The van der Waals surface area contributed by atoms with E-state index in [0.717, 1.165) is 11.4 Å². The van der Waals surface area contributed by atoms with Crippen molar-refractivity contribution in [1.29, 1.82) is 0 Å². The standard InChI is InChI=1S/C32H42N2/c1-9-28(32(6,7)8)13-12-22-33-29-14-11-15-30(23-29)34-31(10-2)25(5)16-17-26-18-20-27(21-19-26)24(3)4/h9-25,31,33-34H,1-2H2,3-8H3/b17-16+,22-12+,28-13+. The second-order valence-electron chi connectivity index (χ2n) is 10.1. The van der Waals surface area contributed by atoms with Crippen molar-refractivity contribution >= 4 is 17.5 Å². The predicted octanol–water partition coefficient (Wildman–Crippen LogP) is 9.21. The second kappa shape index (κ2) is 12.8. The fraction of sp³-hybridized carbons (Fsp3) is 0.312. The Morgan fingerprint density at radius 2 is 1.62 bits per heavy atom. The molecule has 0 spiro atoms. The molecule has 2 aromatic rings. The Morgan fingerprint density at radius 3 is 2.21 bits per heavy atom. The molecular formula is C32H42N2. The Balaban J connectivity index is 2.01. The molecule has 0 radical (unpaired) electrons. The SMILES string of the molecule is C=C/C(=C\C=C\Nc1cccc(NC(C=C)C(C)/C=C/c2ccc(C(C)C)cc2)c1)C(C)(C)C. The first kappa shape index (κ1) is 27.0. The summed E-state index contributed by atoms with van der Waals surface area (Å²) >= 11 is 0. The molecule has 0 fully saturated rings. The molecule has 2 heteroatoms. The average molecular weight is 455 g/mol. The topological polar surface area (TPSA) is 24.1 Å². The zero-order chi connectivity index (χ0) is 25.1. The van der Waals surface area contributed by atoms with Gasteiger partial charge in [0.15, 0.2) is 0 Å². The highest BCUT2D eigenvalue weighted by Gasteiger charge is 2.13. The molecule has 2 unspecified atom stereocenters. The number of rotatable bonds is 11. The van der Waals surface area contributed by atoms with E-state index in [4.69, 9.17) is 0 Å². The maximum Gasteiger partial charge on any atom is 0.0501 e. The molecule has 2 N–H and O–H groups in total. The van der Waals surface area contributed by atoms with Gasteiger partial charge in [-0.25, -0.2) is 0 Å². The van der Waals surface area contributed by atoms with E-state index in [1.54, 1.807) is 0 Å². The summed E-state index contributed by atoms with van der Waals surface area (Å²) in [7, 11) is 0. The summed E-state index contributed by atoms with van der Waals surface area (Å²) in [5.74, 6) is 0.843. The fourth-order valence-electron chi connectivity index (χ4n) is 3.59. The largest absolute Gasteiger partial charge is 0.378 e. The van der Waals surface area contributed by atoms with Gasteiger partial charge < -0.3 is 10.6 Å². The van der Waals surface area contributed by atoms with Crippen LogP contribution in [0.5, 0.6) is 0 Å². The van der Waals surface area contributed by atoms with E-state index in [-0.39, 0.29) is 11.5 Å². The van der Waals surface area contributed by atoms with Crippen LogP contribution in [0.1, 0.15) is 58.6 Å². The maximum absolute atomic E-state index is 4.05. The van der Waals surface area contributed by atoms with Gasteiger partial charge in [0, 0.05) is 17.6 Å². The van der Waals surface area contributed by atoms with Crippen LogP contribution in [0.2, 0.25) is 0 Å². The van der Waals surface area contributed by atoms with Crippen molar-refractivity contribution in [2.45, 2.75) is 53.5 Å². The molecule has 0 aliphatic rings. The average Bonchev–Trinajstić information content (AvgIpc) is 2.80. The lowest BCUT2D eigenvalue weighted by molar-refractivity contribution is 0.517. The molecule has 2 rings (SSSR count). The van der Waals surface area contributed by atoms with Crippen molar-refractivity contribution in [2.75, 3.05) is 10.6 Å². The van der Waals surface area contributed by atoms with Crippen LogP contribution in [-0.4, -0.2) is 6.04 Å². The van der Waals surface area contributed by atoms with E-state index in [1.807, 2.05) is 24.4 Å². The smallest absolute Gasteiger partial charge is 0.0501 e.